The van der Waals surface area contributed by atoms with Gasteiger partial charge in [-0.05, 0) is 29.2 Å². The first-order valence-corrected chi connectivity index (χ1v) is 7.44. The van der Waals surface area contributed by atoms with E-state index in [1.165, 1.54) is 16.3 Å². The summed E-state index contributed by atoms with van der Waals surface area (Å²) in [5.41, 5.74) is 1.21. The molecule has 0 aliphatic carbocycles. The highest BCUT2D eigenvalue weighted by Crippen LogP contribution is 2.25. The summed E-state index contributed by atoms with van der Waals surface area (Å²) < 4.78 is 0. The van der Waals surface area contributed by atoms with Gasteiger partial charge in [0.25, 0.3) is 0 Å². The number of carboxylic acid groups (broad SMARTS) is 1. The van der Waals surface area contributed by atoms with Crippen LogP contribution in [0.15, 0.2) is 42.5 Å². The number of fused-ring (bicyclic) bond motifs is 1. The summed E-state index contributed by atoms with van der Waals surface area (Å²) >= 11 is 0. The summed E-state index contributed by atoms with van der Waals surface area (Å²) in [7, 11) is 0. The van der Waals surface area contributed by atoms with Crippen molar-refractivity contribution in [3.8, 4) is 0 Å². The van der Waals surface area contributed by atoms with E-state index in [1.54, 1.807) is 0 Å². The largest absolute Gasteiger partial charge is 0.481 e. The zero-order chi connectivity index (χ0) is 15.4. The number of aliphatic carboxylic acids is 1. The van der Waals surface area contributed by atoms with Gasteiger partial charge in [-0.25, -0.2) is 0 Å². The molecule has 0 saturated carbocycles. The Morgan fingerprint density at radius 3 is 2.43 bits per heavy atom. The lowest BCUT2D eigenvalue weighted by Gasteiger charge is -2.26. The van der Waals surface area contributed by atoms with Gasteiger partial charge in [0.05, 0.1) is 6.42 Å². The van der Waals surface area contributed by atoms with Gasteiger partial charge in [-0.3, -0.25) is 4.79 Å². The monoisotopic (exact) mass is 285 g/mol. The zero-order valence-corrected chi connectivity index (χ0v) is 12.8. The maximum atomic E-state index is 11.0. The first kappa shape index (κ1) is 15.5. The highest BCUT2D eigenvalue weighted by Gasteiger charge is 2.20. The zero-order valence-electron chi connectivity index (χ0n) is 12.8. The first-order chi connectivity index (χ1) is 9.99. The van der Waals surface area contributed by atoms with Crippen molar-refractivity contribution in [3.63, 3.8) is 0 Å². The summed E-state index contributed by atoms with van der Waals surface area (Å²) in [6.07, 6.45) is 0.146. The number of carbonyl (C=O) groups is 1. The molecule has 0 fully saturated rings. The molecule has 0 aromatic heterocycles. The second-order valence-corrected chi connectivity index (χ2v) is 5.91. The van der Waals surface area contributed by atoms with Crippen LogP contribution >= 0.6 is 0 Å². The Morgan fingerprint density at radius 2 is 1.76 bits per heavy atom. The molecule has 2 atom stereocenters. The number of carboxylic acids is 1. The summed E-state index contributed by atoms with van der Waals surface area (Å²) in [5, 5.41) is 15.0. The van der Waals surface area contributed by atoms with E-state index in [9.17, 15) is 4.79 Å². The molecule has 0 bridgehead atoms. The molecule has 1 unspecified atom stereocenters. The van der Waals surface area contributed by atoms with Crippen LogP contribution in [0.3, 0.4) is 0 Å². The molecule has 21 heavy (non-hydrogen) atoms. The molecule has 3 nitrogen and oxygen atoms in total. The third-order valence-corrected chi connectivity index (χ3v) is 3.95. The molecular formula is C18H23NO2. The fourth-order valence-corrected chi connectivity index (χ4v) is 2.71. The van der Waals surface area contributed by atoms with E-state index in [0.29, 0.717) is 0 Å². The van der Waals surface area contributed by atoms with E-state index in [1.807, 2.05) is 12.1 Å². The van der Waals surface area contributed by atoms with Crippen LogP contribution in [0.2, 0.25) is 0 Å². The van der Waals surface area contributed by atoms with Crippen molar-refractivity contribution in [1.82, 2.24) is 5.32 Å². The number of nitrogens with one attached hydrogen (secondary N) is 1. The smallest absolute Gasteiger partial charge is 0.304 e. The molecule has 0 amide bonds. The van der Waals surface area contributed by atoms with E-state index in [2.05, 4.69) is 56.4 Å². The van der Waals surface area contributed by atoms with Gasteiger partial charge in [-0.15, -0.1) is 0 Å². The second kappa shape index (κ2) is 6.72. The van der Waals surface area contributed by atoms with Crippen LogP contribution in [0.4, 0.5) is 0 Å². The number of hydrogen-bond donors (Lipinski definition) is 2. The van der Waals surface area contributed by atoms with Crippen LogP contribution in [-0.2, 0) is 4.79 Å². The number of benzene rings is 2. The number of hydrogen-bond acceptors (Lipinski definition) is 2. The van der Waals surface area contributed by atoms with Gasteiger partial charge in [0, 0.05) is 12.1 Å². The maximum Gasteiger partial charge on any atom is 0.304 e. The SMILES string of the molecule is CC(N[C@@H](CC(=O)O)C(C)C)c1cccc2ccccc12. The molecule has 2 aromatic rings. The fraction of sp³-hybridized carbons (Fsp3) is 0.389. The molecule has 3 heteroatoms. The van der Waals surface area contributed by atoms with Crippen molar-refractivity contribution in [2.75, 3.05) is 0 Å². The minimum absolute atomic E-state index is 0.0310. The predicted molar refractivity (Wildman–Crippen MR) is 86.4 cm³/mol. The summed E-state index contributed by atoms with van der Waals surface area (Å²) in [4.78, 5) is 11.0. The summed E-state index contributed by atoms with van der Waals surface area (Å²) in [6, 6.07) is 14.6. The van der Waals surface area contributed by atoms with E-state index in [-0.39, 0.29) is 24.4 Å². The average Bonchev–Trinajstić information content (AvgIpc) is 2.45. The molecule has 0 saturated heterocycles. The van der Waals surface area contributed by atoms with Gasteiger partial charge >= 0.3 is 5.97 Å². The quantitative estimate of drug-likeness (QED) is 0.843. The minimum atomic E-state index is -0.758. The molecule has 2 rings (SSSR count). The topological polar surface area (TPSA) is 49.3 Å². The lowest BCUT2D eigenvalue weighted by molar-refractivity contribution is -0.137. The Hall–Kier alpha value is -1.87. The lowest BCUT2D eigenvalue weighted by Crippen LogP contribution is -2.37. The third kappa shape index (κ3) is 3.82. The van der Waals surface area contributed by atoms with Crippen LogP contribution in [-0.4, -0.2) is 17.1 Å². The molecule has 0 aliphatic heterocycles. The first-order valence-electron chi connectivity index (χ1n) is 7.44. The highest BCUT2D eigenvalue weighted by molar-refractivity contribution is 5.86. The molecule has 2 aromatic carbocycles. The van der Waals surface area contributed by atoms with Crippen LogP contribution in [0.5, 0.6) is 0 Å². The minimum Gasteiger partial charge on any atom is -0.481 e. The Kier molecular flexibility index (Phi) is 4.97. The van der Waals surface area contributed by atoms with Crippen molar-refractivity contribution >= 4 is 16.7 Å². The average molecular weight is 285 g/mol. The van der Waals surface area contributed by atoms with Crippen LogP contribution < -0.4 is 5.32 Å². The normalized spacial score (nSPS) is 14.3. The number of rotatable bonds is 6. The van der Waals surface area contributed by atoms with Gasteiger partial charge in [-0.2, -0.15) is 0 Å². The standard InChI is InChI=1S/C18H23NO2/c1-12(2)17(11-18(20)21)19-13(3)15-10-6-8-14-7-4-5-9-16(14)15/h4-10,12-13,17,19H,11H2,1-3H3,(H,20,21)/t13?,17-/m0/s1. The Balaban J connectivity index is 2.25. The van der Waals surface area contributed by atoms with E-state index in [4.69, 9.17) is 5.11 Å². The van der Waals surface area contributed by atoms with Gasteiger partial charge in [-0.1, -0.05) is 56.3 Å². The molecule has 0 aliphatic rings. The van der Waals surface area contributed by atoms with Gasteiger partial charge in [0.2, 0.25) is 0 Å². The molecule has 0 radical (unpaired) electrons. The Morgan fingerprint density at radius 1 is 1.10 bits per heavy atom. The van der Waals surface area contributed by atoms with E-state index >= 15 is 0 Å². The lowest BCUT2D eigenvalue weighted by atomic mass is 9.96. The van der Waals surface area contributed by atoms with Crippen molar-refractivity contribution in [2.24, 2.45) is 5.92 Å². The molecule has 2 N–H and O–H groups in total. The summed E-state index contributed by atoms with van der Waals surface area (Å²) in [5.74, 6) is -0.482. The molecular weight excluding hydrogens is 262 g/mol. The van der Waals surface area contributed by atoms with Crippen molar-refractivity contribution in [3.05, 3.63) is 48.0 Å². The molecule has 0 heterocycles. The van der Waals surface area contributed by atoms with Gasteiger partial charge in [0.1, 0.15) is 0 Å². The predicted octanol–water partition coefficient (Wildman–Crippen LogP) is 3.99. The second-order valence-electron chi connectivity index (χ2n) is 5.91. The van der Waals surface area contributed by atoms with Crippen molar-refractivity contribution < 1.29 is 9.90 Å². The highest BCUT2D eigenvalue weighted by atomic mass is 16.4. The maximum absolute atomic E-state index is 11.0. The molecule has 112 valence electrons. The van der Waals surface area contributed by atoms with Gasteiger partial charge < -0.3 is 10.4 Å². The Labute approximate surface area is 126 Å². The third-order valence-electron chi connectivity index (χ3n) is 3.95. The Bertz CT molecular complexity index is 616. The van der Waals surface area contributed by atoms with E-state index in [0.717, 1.165) is 0 Å². The molecule has 0 spiro atoms. The van der Waals surface area contributed by atoms with E-state index < -0.39 is 5.97 Å². The van der Waals surface area contributed by atoms with Crippen LogP contribution in [0.25, 0.3) is 10.8 Å². The van der Waals surface area contributed by atoms with Crippen LogP contribution in [0, 0.1) is 5.92 Å². The van der Waals surface area contributed by atoms with Crippen LogP contribution in [0.1, 0.15) is 38.8 Å². The van der Waals surface area contributed by atoms with Crippen molar-refractivity contribution in [2.45, 2.75) is 39.3 Å². The fourth-order valence-electron chi connectivity index (χ4n) is 2.71. The summed E-state index contributed by atoms with van der Waals surface area (Å²) in [6.45, 7) is 6.20. The van der Waals surface area contributed by atoms with Crippen molar-refractivity contribution in [1.29, 1.82) is 0 Å². The van der Waals surface area contributed by atoms with Gasteiger partial charge in [0.15, 0.2) is 0 Å².